The normalized spacial score (nSPS) is 22.0. The molecule has 2 aliphatic carbocycles. The number of hydrogen-bond acceptors (Lipinski definition) is 4. The highest BCUT2D eigenvalue weighted by Gasteiger charge is 2.46. The van der Waals surface area contributed by atoms with E-state index in [1.807, 2.05) is 46.4 Å². The molecule has 3 heterocycles. The first-order valence-corrected chi connectivity index (χ1v) is 15.3. The molecule has 0 spiro atoms. The molecule has 4 aromatic rings. The van der Waals surface area contributed by atoms with E-state index in [-0.39, 0.29) is 23.3 Å². The van der Waals surface area contributed by atoms with Gasteiger partial charge in [0.1, 0.15) is 5.82 Å². The van der Waals surface area contributed by atoms with Gasteiger partial charge in [0, 0.05) is 44.3 Å². The van der Waals surface area contributed by atoms with Gasteiger partial charge < -0.3 is 15.1 Å². The summed E-state index contributed by atoms with van der Waals surface area (Å²) in [5.74, 6) is 0.164. The lowest BCUT2D eigenvalue weighted by atomic mass is 9.68. The second-order valence-electron chi connectivity index (χ2n) is 12.3. The van der Waals surface area contributed by atoms with E-state index in [0.29, 0.717) is 19.0 Å². The van der Waals surface area contributed by atoms with Gasteiger partial charge in [0.2, 0.25) is 0 Å². The molecule has 0 bridgehead atoms. The standard InChI is InChI=1S/C35H37FN6O/c1-35-23-26-24-38-42(31-11-9-29(36)10-12-31)33(26)22-28(35)8-7-27(35)21-32(25-5-3-2-4-6-25)39-34(43)41-19-17-40(18-20-41)30-13-15-37-16-14-30/h2-6,9-16,22,24,27,32H,7-8,17-21,23H2,1H3,(H,39,43)/t27-,32?,35-/m1/s1. The van der Waals surface area contributed by atoms with Crippen molar-refractivity contribution in [2.24, 2.45) is 11.3 Å². The molecule has 1 unspecified atom stereocenters. The number of urea groups is 1. The first kappa shape index (κ1) is 27.4. The van der Waals surface area contributed by atoms with Crippen LogP contribution in [0.5, 0.6) is 0 Å². The fourth-order valence-corrected chi connectivity index (χ4v) is 7.31. The van der Waals surface area contributed by atoms with Gasteiger partial charge in [-0.2, -0.15) is 5.10 Å². The van der Waals surface area contributed by atoms with E-state index in [4.69, 9.17) is 0 Å². The van der Waals surface area contributed by atoms with E-state index < -0.39 is 0 Å². The highest BCUT2D eigenvalue weighted by atomic mass is 19.1. The summed E-state index contributed by atoms with van der Waals surface area (Å²) in [6, 6.07) is 20.9. The molecule has 7 rings (SSSR count). The van der Waals surface area contributed by atoms with Crippen molar-refractivity contribution in [2.75, 3.05) is 31.1 Å². The van der Waals surface area contributed by atoms with E-state index >= 15 is 0 Å². The Bertz CT molecular complexity index is 1610. The smallest absolute Gasteiger partial charge is 0.318 e. The number of amides is 2. The van der Waals surface area contributed by atoms with E-state index in [9.17, 15) is 9.18 Å². The summed E-state index contributed by atoms with van der Waals surface area (Å²) < 4.78 is 15.5. The summed E-state index contributed by atoms with van der Waals surface area (Å²) in [4.78, 5) is 22.0. The fraction of sp³-hybridized carbons (Fsp3) is 0.343. The molecule has 43 heavy (non-hydrogen) atoms. The average molecular weight is 577 g/mol. The molecular formula is C35H37FN6O. The third kappa shape index (κ3) is 5.31. The van der Waals surface area contributed by atoms with Crippen molar-refractivity contribution in [1.82, 2.24) is 25.0 Å². The fourth-order valence-electron chi connectivity index (χ4n) is 7.31. The Kier molecular flexibility index (Phi) is 7.21. The molecule has 1 aliphatic heterocycles. The third-order valence-corrected chi connectivity index (χ3v) is 9.84. The molecule has 3 aliphatic rings. The van der Waals surface area contributed by atoms with Crippen LogP contribution in [0.4, 0.5) is 14.9 Å². The number of hydrogen-bond donors (Lipinski definition) is 1. The Morgan fingerprint density at radius 3 is 2.49 bits per heavy atom. The van der Waals surface area contributed by atoms with Crippen LogP contribution in [0, 0.1) is 17.2 Å². The number of piperazine rings is 1. The number of carbonyl (C=O) groups excluding carboxylic acids is 1. The first-order chi connectivity index (χ1) is 21.0. The number of fused-ring (bicyclic) bond motifs is 2. The number of aromatic nitrogens is 3. The van der Waals surface area contributed by atoms with Crippen LogP contribution < -0.4 is 10.2 Å². The number of benzene rings is 2. The van der Waals surface area contributed by atoms with Crippen LogP contribution in [0.25, 0.3) is 11.8 Å². The molecule has 1 saturated carbocycles. The van der Waals surface area contributed by atoms with Crippen molar-refractivity contribution in [3.63, 3.8) is 0 Å². The predicted octanol–water partition coefficient (Wildman–Crippen LogP) is 6.43. The lowest BCUT2D eigenvalue weighted by Crippen LogP contribution is -2.52. The summed E-state index contributed by atoms with van der Waals surface area (Å²) in [5.41, 5.74) is 6.92. The molecule has 3 atom stereocenters. The van der Waals surface area contributed by atoms with Crippen LogP contribution in [-0.4, -0.2) is 51.9 Å². The van der Waals surface area contributed by atoms with E-state index in [2.05, 4.69) is 57.6 Å². The first-order valence-electron chi connectivity index (χ1n) is 15.3. The molecule has 220 valence electrons. The Balaban J connectivity index is 1.07. The van der Waals surface area contributed by atoms with Crippen LogP contribution in [0.3, 0.4) is 0 Å². The van der Waals surface area contributed by atoms with Crippen LogP contribution in [0.1, 0.15) is 49.0 Å². The Hall–Kier alpha value is -4.46. The van der Waals surface area contributed by atoms with Crippen molar-refractivity contribution < 1.29 is 9.18 Å². The predicted molar refractivity (Wildman–Crippen MR) is 166 cm³/mol. The maximum atomic E-state index is 13.6. The number of nitrogens with one attached hydrogen (secondary N) is 1. The van der Waals surface area contributed by atoms with Gasteiger partial charge in [-0.05, 0) is 90.6 Å². The Morgan fingerprint density at radius 2 is 1.74 bits per heavy atom. The zero-order chi connectivity index (χ0) is 29.4. The molecule has 1 N–H and O–H groups in total. The SMILES string of the molecule is C[C@]12Cc3cnn(-c4ccc(F)cc4)c3C=C1CC[C@@H]2CC(NC(=O)N1CCN(c2ccncc2)CC1)c1ccccc1. The minimum Gasteiger partial charge on any atom is -0.368 e. The van der Waals surface area contributed by atoms with Crippen LogP contribution in [0.15, 0.2) is 90.9 Å². The molecule has 2 aromatic carbocycles. The number of halogens is 1. The van der Waals surface area contributed by atoms with Gasteiger partial charge in [-0.25, -0.2) is 13.9 Å². The molecular weight excluding hydrogens is 539 g/mol. The van der Waals surface area contributed by atoms with Gasteiger partial charge >= 0.3 is 6.03 Å². The van der Waals surface area contributed by atoms with Crippen LogP contribution in [-0.2, 0) is 6.42 Å². The van der Waals surface area contributed by atoms with Crippen LogP contribution >= 0.6 is 0 Å². The largest absolute Gasteiger partial charge is 0.368 e. The Morgan fingerprint density at radius 1 is 1.00 bits per heavy atom. The number of carbonyl (C=O) groups is 1. The second-order valence-corrected chi connectivity index (χ2v) is 12.3. The van der Waals surface area contributed by atoms with Crippen molar-refractivity contribution in [3.05, 3.63) is 114 Å². The quantitative estimate of drug-likeness (QED) is 0.288. The lowest BCUT2D eigenvalue weighted by molar-refractivity contribution is 0.181. The summed E-state index contributed by atoms with van der Waals surface area (Å²) >= 11 is 0. The van der Waals surface area contributed by atoms with Gasteiger partial charge in [-0.1, -0.05) is 42.8 Å². The average Bonchev–Trinajstić information content (AvgIpc) is 3.59. The van der Waals surface area contributed by atoms with E-state index in [1.165, 1.54) is 23.3 Å². The van der Waals surface area contributed by atoms with Crippen molar-refractivity contribution in [2.45, 2.75) is 38.6 Å². The summed E-state index contributed by atoms with van der Waals surface area (Å²) in [7, 11) is 0. The monoisotopic (exact) mass is 576 g/mol. The maximum absolute atomic E-state index is 13.6. The highest BCUT2D eigenvalue weighted by Crippen LogP contribution is 2.55. The minimum absolute atomic E-state index is 0.00240. The van der Waals surface area contributed by atoms with Gasteiger partial charge in [0.05, 0.1) is 23.6 Å². The highest BCUT2D eigenvalue weighted by molar-refractivity contribution is 5.75. The summed E-state index contributed by atoms with van der Waals surface area (Å²) in [5, 5.41) is 8.12. The topological polar surface area (TPSA) is 66.3 Å². The number of allylic oxidation sites excluding steroid dienone is 1. The molecule has 8 heteroatoms. The van der Waals surface area contributed by atoms with Crippen molar-refractivity contribution >= 4 is 17.8 Å². The molecule has 2 aromatic heterocycles. The summed E-state index contributed by atoms with van der Waals surface area (Å²) in [6.07, 6.45) is 11.8. The van der Waals surface area contributed by atoms with Crippen LogP contribution in [0.2, 0.25) is 0 Å². The van der Waals surface area contributed by atoms with Gasteiger partial charge in [-0.15, -0.1) is 0 Å². The van der Waals surface area contributed by atoms with Crippen molar-refractivity contribution in [1.29, 1.82) is 0 Å². The Labute approximate surface area is 252 Å². The van der Waals surface area contributed by atoms with Gasteiger partial charge in [-0.3, -0.25) is 4.98 Å². The molecule has 2 amide bonds. The molecule has 2 fully saturated rings. The molecule has 7 nitrogen and oxygen atoms in total. The number of pyridine rings is 1. The second kappa shape index (κ2) is 11.3. The maximum Gasteiger partial charge on any atom is 0.318 e. The van der Waals surface area contributed by atoms with Gasteiger partial charge in [0.15, 0.2) is 0 Å². The third-order valence-electron chi connectivity index (χ3n) is 9.84. The zero-order valence-electron chi connectivity index (χ0n) is 24.5. The van der Waals surface area contributed by atoms with Crippen molar-refractivity contribution in [3.8, 4) is 5.69 Å². The molecule has 0 radical (unpaired) electrons. The number of rotatable bonds is 6. The minimum atomic E-state index is -0.249. The number of nitrogens with zero attached hydrogens (tertiary/aromatic N) is 5. The van der Waals surface area contributed by atoms with E-state index in [0.717, 1.165) is 61.4 Å². The zero-order valence-corrected chi connectivity index (χ0v) is 24.5. The molecule has 1 saturated heterocycles. The number of anilines is 1. The lowest BCUT2D eigenvalue weighted by Gasteiger charge is -2.39. The van der Waals surface area contributed by atoms with E-state index in [1.54, 1.807) is 12.1 Å². The van der Waals surface area contributed by atoms with Gasteiger partial charge in [0.25, 0.3) is 0 Å². The summed E-state index contributed by atoms with van der Waals surface area (Å²) in [6.45, 7) is 5.36.